The Morgan fingerprint density at radius 1 is 1.27 bits per heavy atom. The molecule has 3 atom stereocenters. The van der Waals surface area contributed by atoms with E-state index in [4.69, 9.17) is 9.53 Å². The summed E-state index contributed by atoms with van der Waals surface area (Å²) in [5.41, 5.74) is -0.475. The molecule has 26 heavy (non-hydrogen) atoms. The van der Waals surface area contributed by atoms with Crippen molar-refractivity contribution in [3.8, 4) is 0 Å². The van der Waals surface area contributed by atoms with E-state index in [2.05, 4.69) is 29.1 Å². The smallest absolute Gasteiger partial charge is 0.407 e. The Labute approximate surface area is 157 Å². The number of methoxy groups -OCH3 is 1. The zero-order valence-electron chi connectivity index (χ0n) is 16.9. The first-order chi connectivity index (χ1) is 12.1. The molecule has 1 aliphatic heterocycles. The molecule has 2 amide bonds. The van der Waals surface area contributed by atoms with Gasteiger partial charge in [-0.05, 0) is 60.3 Å². The lowest BCUT2D eigenvalue weighted by Gasteiger charge is -2.23. The number of nitrogens with one attached hydrogen (secondary N) is 1. The van der Waals surface area contributed by atoms with E-state index in [1.54, 1.807) is 0 Å². The molecule has 3 unspecified atom stereocenters. The number of hydrogen-bond acceptors (Lipinski definition) is 5. The van der Waals surface area contributed by atoms with Crippen LogP contribution in [0.2, 0.25) is 0 Å². The van der Waals surface area contributed by atoms with Crippen molar-refractivity contribution in [1.29, 1.82) is 0 Å². The number of rotatable bonds is 7. The number of nitrogens with zero attached hydrogens (tertiary/aromatic N) is 1. The number of hydrogen-bond donors (Lipinski definition) is 1. The van der Waals surface area contributed by atoms with Crippen molar-refractivity contribution < 1.29 is 23.9 Å². The van der Waals surface area contributed by atoms with Crippen LogP contribution in [0.1, 0.15) is 60.3 Å². The van der Waals surface area contributed by atoms with E-state index in [1.807, 2.05) is 32.6 Å². The predicted molar refractivity (Wildman–Crippen MR) is 101 cm³/mol. The number of carbonyl (C=O) groups excluding carboxylic acids is 3. The van der Waals surface area contributed by atoms with Crippen molar-refractivity contribution in [3.05, 3.63) is 12.2 Å². The first-order valence-corrected chi connectivity index (χ1v) is 8.98. The van der Waals surface area contributed by atoms with Crippen LogP contribution in [-0.2, 0) is 19.1 Å². The van der Waals surface area contributed by atoms with Gasteiger partial charge in [0, 0.05) is 18.1 Å². The van der Waals surface area contributed by atoms with Gasteiger partial charge in [0.05, 0.1) is 7.11 Å². The molecule has 0 aliphatic carbocycles. The first kappa shape index (κ1) is 23.9. The maximum absolute atomic E-state index is 11.6. The van der Waals surface area contributed by atoms with Crippen LogP contribution in [0.4, 0.5) is 4.79 Å². The van der Waals surface area contributed by atoms with E-state index in [-0.39, 0.29) is 12.1 Å². The third kappa shape index (κ3) is 10.7. The summed E-state index contributed by atoms with van der Waals surface area (Å²) >= 11 is 0. The summed E-state index contributed by atoms with van der Waals surface area (Å²) in [6.07, 6.45) is 8.52. The van der Waals surface area contributed by atoms with Gasteiger partial charge in [-0.3, -0.25) is 9.59 Å². The topological polar surface area (TPSA) is 84.9 Å². The van der Waals surface area contributed by atoms with Gasteiger partial charge in [0.25, 0.3) is 6.47 Å². The third-order valence-electron chi connectivity index (χ3n) is 3.89. The minimum atomic E-state index is -0.475. The molecule has 0 aromatic carbocycles. The second kappa shape index (κ2) is 12.3. The highest BCUT2D eigenvalue weighted by atomic mass is 16.6. The van der Waals surface area contributed by atoms with Gasteiger partial charge in [-0.1, -0.05) is 12.2 Å². The lowest BCUT2D eigenvalue weighted by molar-refractivity contribution is -0.126. The molecule has 1 N–H and O–H groups in total. The van der Waals surface area contributed by atoms with Crippen LogP contribution >= 0.6 is 0 Å². The van der Waals surface area contributed by atoms with Crippen LogP contribution < -0.4 is 5.32 Å². The fraction of sp³-hybridized carbons (Fsp3) is 0.737. The molecule has 150 valence electrons. The number of carbonyl (C=O) groups is 3. The maximum atomic E-state index is 11.6. The highest BCUT2D eigenvalue weighted by Gasteiger charge is 2.27. The Kier molecular flexibility index (Phi) is 11.4. The summed E-state index contributed by atoms with van der Waals surface area (Å²) in [6, 6.07) is 0.692. The van der Waals surface area contributed by atoms with E-state index in [0.29, 0.717) is 18.6 Å². The molecule has 1 fully saturated rings. The van der Waals surface area contributed by atoms with E-state index in [9.17, 15) is 9.59 Å². The molecule has 0 aromatic rings. The highest BCUT2D eigenvalue weighted by Crippen LogP contribution is 2.24. The molecule has 0 spiro atoms. The molecule has 1 saturated heterocycles. The summed E-state index contributed by atoms with van der Waals surface area (Å²) in [6.45, 7) is 9.95. The van der Waals surface area contributed by atoms with Gasteiger partial charge in [-0.25, -0.2) is 4.79 Å². The van der Waals surface area contributed by atoms with Gasteiger partial charge < -0.3 is 19.7 Å². The molecule has 7 nitrogen and oxygen atoms in total. The zero-order valence-corrected chi connectivity index (χ0v) is 16.9. The highest BCUT2D eigenvalue weighted by molar-refractivity contribution is 5.68. The molecular weight excluding hydrogens is 336 g/mol. The normalized spacial score (nSPS) is 20.8. The molecule has 7 heteroatoms. The monoisotopic (exact) mass is 370 g/mol. The van der Waals surface area contributed by atoms with Gasteiger partial charge in [0.2, 0.25) is 6.41 Å². The number of likely N-dealkylation sites (tertiary alicyclic amines) is 1. The summed E-state index contributed by atoms with van der Waals surface area (Å²) in [4.78, 5) is 33.5. The van der Waals surface area contributed by atoms with Crippen molar-refractivity contribution in [2.24, 2.45) is 0 Å². The predicted octanol–water partition coefficient (Wildman–Crippen LogP) is 3.03. The van der Waals surface area contributed by atoms with Crippen molar-refractivity contribution >= 4 is 19.0 Å². The Bertz CT molecular complexity index is 459. The van der Waals surface area contributed by atoms with Crippen LogP contribution in [0, 0.1) is 0 Å². The van der Waals surface area contributed by atoms with Gasteiger partial charge >= 0.3 is 6.09 Å². The summed E-state index contributed by atoms with van der Waals surface area (Å²) in [5, 5.41) is 2.81. The molecule has 0 aromatic heterocycles. The zero-order chi connectivity index (χ0) is 20.2. The SMILES string of the molecule is CC(C/C=C\CC1CCC(C)N1C=O)NC(=O)OC(C)(C)C.COC=O. The van der Waals surface area contributed by atoms with Crippen LogP contribution in [0.3, 0.4) is 0 Å². The minimum absolute atomic E-state index is 0.0239. The largest absolute Gasteiger partial charge is 0.471 e. The first-order valence-electron chi connectivity index (χ1n) is 8.98. The molecule has 1 aliphatic rings. The molecule has 1 rings (SSSR count). The minimum Gasteiger partial charge on any atom is -0.471 e. The van der Waals surface area contributed by atoms with Gasteiger partial charge in [0.1, 0.15) is 5.60 Å². The van der Waals surface area contributed by atoms with Crippen LogP contribution in [-0.4, -0.2) is 54.7 Å². The van der Waals surface area contributed by atoms with Gasteiger partial charge in [0.15, 0.2) is 0 Å². The van der Waals surface area contributed by atoms with E-state index < -0.39 is 5.60 Å². The fourth-order valence-corrected chi connectivity index (χ4v) is 2.64. The lowest BCUT2D eigenvalue weighted by Crippen LogP contribution is -2.37. The van der Waals surface area contributed by atoms with Crippen molar-refractivity contribution in [1.82, 2.24) is 10.2 Å². The lowest BCUT2D eigenvalue weighted by atomic mass is 10.1. The van der Waals surface area contributed by atoms with E-state index in [1.165, 1.54) is 7.11 Å². The summed E-state index contributed by atoms with van der Waals surface area (Å²) in [7, 11) is 1.31. The van der Waals surface area contributed by atoms with Gasteiger partial charge in [-0.2, -0.15) is 0 Å². The third-order valence-corrected chi connectivity index (χ3v) is 3.89. The Morgan fingerprint density at radius 3 is 2.38 bits per heavy atom. The molecular formula is C19H34N2O5. The van der Waals surface area contributed by atoms with E-state index >= 15 is 0 Å². The molecule has 0 saturated carbocycles. The average molecular weight is 370 g/mol. The van der Waals surface area contributed by atoms with Crippen LogP contribution in [0.25, 0.3) is 0 Å². The Morgan fingerprint density at radius 2 is 1.88 bits per heavy atom. The quantitative estimate of drug-likeness (QED) is 0.550. The maximum Gasteiger partial charge on any atom is 0.407 e. The number of amides is 2. The van der Waals surface area contributed by atoms with Crippen molar-refractivity contribution in [2.75, 3.05) is 7.11 Å². The van der Waals surface area contributed by atoms with E-state index in [0.717, 1.165) is 32.1 Å². The van der Waals surface area contributed by atoms with Crippen molar-refractivity contribution in [2.45, 2.75) is 84.0 Å². The second-order valence-corrected chi connectivity index (χ2v) is 7.45. The molecule has 0 radical (unpaired) electrons. The summed E-state index contributed by atoms with van der Waals surface area (Å²) in [5.74, 6) is 0. The molecule has 0 bridgehead atoms. The number of alkyl carbamates (subject to hydrolysis) is 1. The van der Waals surface area contributed by atoms with Crippen molar-refractivity contribution in [3.63, 3.8) is 0 Å². The fourth-order valence-electron chi connectivity index (χ4n) is 2.64. The summed E-state index contributed by atoms with van der Waals surface area (Å²) < 4.78 is 9.08. The molecule has 1 heterocycles. The van der Waals surface area contributed by atoms with Crippen LogP contribution in [0.15, 0.2) is 12.2 Å². The second-order valence-electron chi connectivity index (χ2n) is 7.45. The average Bonchev–Trinajstić information content (AvgIpc) is 2.89. The number of ether oxygens (including phenoxy) is 2. The van der Waals surface area contributed by atoms with Gasteiger partial charge in [-0.15, -0.1) is 0 Å². The Hall–Kier alpha value is -2.05. The Balaban J connectivity index is 0.00000141. The standard InChI is InChI=1S/C17H30N2O3.C2H4O2/c1-13(18-16(21)22-17(3,4)5)8-6-7-9-15-11-10-14(2)19(15)12-20;1-4-2-3/h6-7,12-15H,8-11H2,1-5H3,(H,18,21);2H,1H3/b7-6-;. The van der Waals surface area contributed by atoms with Crippen LogP contribution in [0.5, 0.6) is 0 Å².